The number of carbonyl (C=O) groups is 3. The maximum atomic E-state index is 13.1. The second-order valence-corrected chi connectivity index (χ2v) is 12.5. The molecule has 0 spiro atoms. The molecule has 3 N–H and O–H groups in total. The molecule has 0 aromatic carbocycles. The van der Waals surface area contributed by atoms with Crippen LogP contribution in [0.3, 0.4) is 0 Å². The fourth-order valence-corrected chi connectivity index (χ4v) is 5.19. The molecule has 2 unspecified atom stereocenters. The van der Waals surface area contributed by atoms with Crippen LogP contribution >= 0.6 is 0 Å². The third kappa shape index (κ3) is 21.8. The molecule has 6 nitrogen and oxygen atoms in total. The van der Waals surface area contributed by atoms with Crippen molar-refractivity contribution in [2.45, 2.75) is 167 Å². The second kappa shape index (κ2) is 30.7. The van der Waals surface area contributed by atoms with Crippen molar-refractivity contribution in [3.8, 4) is 0 Å². The van der Waals surface area contributed by atoms with Gasteiger partial charge in [-0.15, -0.1) is 0 Å². The minimum Gasteiger partial charge on any atom is -0.386 e. The number of unbranched alkanes of at least 4 members (excludes halogenated alkanes) is 15. The summed E-state index contributed by atoms with van der Waals surface area (Å²) < 4.78 is 0. The number of aliphatic hydroxyl groups excluding tert-OH is 2. The van der Waals surface area contributed by atoms with Crippen LogP contribution < -0.4 is 0 Å². The highest BCUT2D eigenvalue weighted by Crippen LogP contribution is 2.24. The lowest BCUT2D eigenvalue weighted by atomic mass is 9.79. The fourth-order valence-electron chi connectivity index (χ4n) is 5.19. The van der Waals surface area contributed by atoms with Gasteiger partial charge in [0.05, 0.1) is 0 Å². The Morgan fingerprint density at radius 3 is 1.32 bits per heavy atom. The standard InChI is InChI=1S/C41H66O6/c1-4-7-10-13-14-15-16-17-18-19-20-21-22-23-24-25-26-29-30-33-36(42)39(45)40(46)41(47,37(43)34-31-27-11-8-5-2)38(44)35-32-28-12-9-6-3/h18-26,29-30,33,39-40,45-47H,4-17,27-28,31-32,34-35H2,1-3H3. The Kier molecular flexibility index (Phi) is 28.9. The number of aliphatic hydroxyl groups is 3. The number of Topliss-reactive ketones (excluding diaryl/α,β-unsaturated/α-hetero) is 2. The number of rotatable bonds is 31. The van der Waals surface area contributed by atoms with E-state index in [4.69, 9.17) is 0 Å². The number of ketones is 3. The van der Waals surface area contributed by atoms with Crippen molar-refractivity contribution in [1.29, 1.82) is 0 Å². The number of allylic oxidation sites excluding steroid dienone is 11. The minimum absolute atomic E-state index is 0.106. The molecule has 0 radical (unpaired) electrons. The molecule has 0 bridgehead atoms. The van der Waals surface area contributed by atoms with Gasteiger partial charge in [0.2, 0.25) is 5.60 Å². The molecule has 0 fully saturated rings. The summed E-state index contributed by atoms with van der Waals surface area (Å²) in [5, 5.41) is 32.7. The molecule has 0 rings (SSSR count). The summed E-state index contributed by atoms with van der Waals surface area (Å²) in [7, 11) is 0. The van der Waals surface area contributed by atoms with Gasteiger partial charge in [0.25, 0.3) is 0 Å². The van der Waals surface area contributed by atoms with Gasteiger partial charge in [-0.1, -0.05) is 177 Å². The molecule has 6 heteroatoms. The van der Waals surface area contributed by atoms with Gasteiger partial charge in [-0.05, 0) is 31.8 Å². The third-order valence-electron chi connectivity index (χ3n) is 8.25. The molecule has 0 saturated heterocycles. The Hall–Kier alpha value is -2.67. The maximum Gasteiger partial charge on any atom is 0.210 e. The van der Waals surface area contributed by atoms with Crippen LogP contribution in [0.4, 0.5) is 0 Å². The van der Waals surface area contributed by atoms with Gasteiger partial charge in [-0.3, -0.25) is 14.4 Å². The summed E-state index contributed by atoms with van der Waals surface area (Å²) in [6.07, 6.45) is 35.5. The zero-order valence-corrected chi connectivity index (χ0v) is 29.8. The molecule has 0 saturated carbocycles. The van der Waals surface area contributed by atoms with Crippen LogP contribution in [0.1, 0.15) is 149 Å². The number of hydrogen-bond acceptors (Lipinski definition) is 6. The van der Waals surface area contributed by atoms with Gasteiger partial charge in [0.1, 0.15) is 12.2 Å². The number of hydrogen-bond donors (Lipinski definition) is 3. The zero-order chi connectivity index (χ0) is 35.0. The predicted molar refractivity (Wildman–Crippen MR) is 196 cm³/mol. The summed E-state index contributed by atoms with van der Waals surface area (Å²) in [6, 6.07) is 0. The molecule has 47 heavy (non-hydrogen) atoms. The highest BCUT2D eigenvalue weighted by Gasteiger charge is 2.52. The van der Waals surface area contributed by atoms with Gasteiger partial charge in [0.15, 0.2) is 17.3 Å². The highest BCUT2D eigenvalue weighted by molar-refractivity contribution is 6.11. The summed E-state index contributed by atoms with van der Waals surface area (Å²) in [5.74, 6) is -2.59. The van der Waals surface area contributed by atoms with Gasteiger partial charge < -0.3 is 15.3 Å². The maximum absolute atomic E-state index is 13.1. The van der Waals surface area contributed by atoms with Crippen molar-refractivity contribution in [1.82, 2.24) is 0 Å². The van der Waals surface area contributed by atoms with E-state index in [0.717, 1.165) is 63.9 Å². The SMILES string of the molecule is CCCCCCCCCC=CC=CC=CC=CC=CC=CC(=O)C(O)C(O)C(O)(C(=O)CCCCCCC)C(=O)CCCCCCC. The molecule has 0 aromatic rings. The average molecular weight is 655 g/mol. The molecular weight excluding hydrogens is 588 g/mol. The van der Waals surface area contributed by atoms with Crippen LogP contribution in [0.25, 0.3) is 0 Å². The van der Waals surface area contributed by atoms with Gasteiger partial charge >= 0.3 is 0 Å². The largest absolute Gasteiger partial charge is 0.386 e. The van der Waals surface area contributed by atoms with Crippen LogP contribution in [0.5, 0.6) is 0 Å². The van der Waals surface area contributed by atoms with Gasteiger partial charge in [-0.25, -0.2) is 0 Å². The Morgan fingerprint density at radius 2 is 0.872 bits per heavy atom. The van der Waals surface area contributed by atoms with Crippen LogP contribution in [-0.2, 0) is 14.4 Å². The van der Waals surface area contributed by atoms with E-state index in [2.05, 4.69) is 32.9 Å². The first-order valence-electron chi connectivity index (χ1n) is 18.5. The monoisotopic (exact) mass is 654 g/mol. The highest BCUT2D eigenvalue weighted by atomic mass is 16.4. The lowest BCUT2D eigenvalue weighted by Gasteiger charge is -2.32. The Bertz CT molecular complexity index is 973. The summed E-state index contributed by atoms with van der Waals surface area (Å²) in [6.45, 7) is 6.39. The van der Waals surface area contributed by atoms with E-state index < -0.39 is 35.2 Å². The topological polar surface area (TPSA) is 112 Å². The van der Waals surface area contributed by atoms with Gasteiger partial charge in [0, 0.05) is 12.8 Å². The Balaban J connectivity index is 4.90. The lowest BCUT2D eigenvalue weighted by molar-refractivity contribution is -0.173. The van der Waals surface area contributed by atoms with E-state index >= 15 is 0 Å². The minimum atomic E-state index is -2.82. The van der Waals surface area contributed by atoms with Crippen molar-refractivity contribution in [2.24, 2.45) is 0 Å². The first kappa shape index (κ1) is 44.3. The van der Waals surface area contributed by atoms with Crippen molar-refractivity contribution < 1.29 is 29.7 Å². The van der Waals surface area contributed by atoms with Crippen LogP contribution in [0.2, 0.25) is 0 Å². The average Bonchev–Trinajstić information content (AvgIpc) is 3.07. The number of carbonyl (C=O) groups excluding carboxylic acids is 3. The van der Waals surface area contributed by atoms with E-state index in [1.807, 2.05) is 30.4 Å². The molecular formula is C41H66O6. The van der Waals surface area contributed by atoms with E-state index in [1.54, 1.807) is 18.2 Å². The predicted octanol–water partition coefficient (Wildman–Crippen LogP) is 9.35. The molecule has 0 heterocycles. The van der Waals surface area contributed by atoms with Crippen molar-refractivity contribution >= 4 is 17.3 Å². The molecule has 0 aliphatic carbocycles. The lowest BCUT2D eigenvalue weighted by Crippen LogP contribution is -2.61. The molecule has 0 aliphatic heterocycles. The Labute approximate surface area is 286 Å². The third-order valence-corrected chi connectivity index (χ3v) is 8.25. The van der Waals surface area contributed by atoms with Crippen LogP contribution in [0, 0.1) is 0 Å². The second-order valence-electron chi connectivity index (χ2n) is 12.5. The van der Waals surface area contributed by atoms with Gasteiger partial charge in [-0.2, -0.15) is 0 Å². The Morgan fingerprint density at radius 1 is 0.511 bits per heavy atom. The molecule has 0 amide bonds. The van der Waals surface area contributed by atoms with E-state index in [9.17, 15) is 29.7 Å². The van der Waals surface area contributed by atoms with Crippen molar-refractivity contribution in [3.63, 3.8) is 0 Å². The van der Waals surface area contributed by atoms with E-state index in [0.29, 0.717) is 12.8 Å². The summed E-state index contributed by atoms with van der Waals surface area (Å²) >= 11 is 0. The first-order chi connectivity index (χ1) is 22.8. The molecule has 2 atom stereocenters. The first-order valence-corrected chi connectivity index (χ1v) is 18.5. The normalized spacial score (nSPS) is 14.2. The fraction of sp³-hybridized carbons (Fsp3) is 0.634. The summed E-state index contributed by atoms with van der Waals surface area (Å²) in [4.78, 5) is 38.8. The van der Waals surface area contributed by atoms with E-state index in [-0.39, 0.29) is 12.8 Å². The smallest absolute Gasteiger partial charge is 0.210 e. The van der Waals surface area contributed by atoms with Crippen molar-refractivity contribution in [2.75, 3.05) is 0 Å². The summed E-state index contributed by atoms with van der Waals surface area (Å²) in [5.41, 5.74) is -2.82. The molecule has 0 aromatic heterocycles. The van der Waals surface area contributed by atoms with Crippen LogP contribution in [0.15, 0.2) is 72.9 Å². The van der Waals surface area contributed by atoms with Crippen molar-refractivity contribution in [3.05, 3.63) is 72.9 Å². The van der Waals surface area contributed by atoms with Crippen LogP contribution in [-0.4, -0.2) is 50.5 Å². The quantitative estimate of drug-likeness (QED) is 0.0297. The molecule has 266 valence electrons. The van der Waals surface area contributed by atoms with E-state index in [1.165, 1.54) is 51.0 Å². The zero-order valence-electron chi connectivity index (χ0n) is 29.8. The molecule has 0 aliphatic rings.